The van der Waals surface area contributed by atoms with Crippen molar-refractivity contribution in [2.75, 3.05) is 38.5 Å². The molecule has 1 saturated heterocycles. The minimum atomic E-state index is -0.115. The molecule has 0 saturated carbocycles. The van der Waals surface area contributed by atoms with Crippen LogP contribution < -0.4 is 5.32 Å². The summed E-state index contributed by atoms with van der Waals surface area (Å²) < 4.78 is 1.61. The zero-order valence-electron chi connectivity index (χ0n) is 14.6. The molecule has 0 aliphatic carbocycles. The standard InChI is InChI=1S/C18H23N5O2/c1-3-17(24)19-16-13-15(18(25)22-11-9-21(2)10-12-22)20-23(16)14-7-5-4-6-8-14/h4-8,13H,3,9-12H2,1-2H3,(H,19,24). The number of likely N-dealkylation sites (N-methyl/N-ethyl adjacent to an activating group) is 1. The van der Waals surface area contributed by atoms with Crippen LogP contribution in [0.15, 0.2) is 36.4 Å². The van der Waals surface area contributed by atoms with Crippen LogP contribution >= 0.6 is 0 Å². The van der Waals surface area contributed by atoms with Crippen molar-refractivity contribution in [2.24, 2.45) is 0 Å². The van der Waals surface area contributed by atoms with Gasteiger partial charge in [-0.15, -0.1) is 0 Å². The van der Waals surface area contributed by atoms with Gasteiger partial charge in [-0.05, 0) is 19.2 Å². The number of nitrogens with zero attached hydrogens (tertiary/aromatic N) is 4. The molecule has 0 radical (unpaired) electrons. The Kier molecular flexibility index (Phi) is 5.14. The van der Waals surface area contributed by atoms with Crippen molar-refractivity contribution in [3.63, 3.8) is 0 Å². The van der Waals surface area contributed by atoms with Gasteiger partial charge >= 0.3 is 0 Å². The molecule has 1 aromatic heterocycles. The zero-order chi connectivity index (χ0) is 17.8. The first-order valence-electron chi connectivity index (χ1n) is 8.51. The number of para-hydroxylation sites is 1. The molecular formula is C18H23N5O2. The summed E-state index contributed by atoms with van der Waals surface area (Å²) in [6, 6.07) is 11.1. The second-order valence-electron chi connectivity index (χ2n) is 6.16. The predicted octanol–water partition coefficient (Wildman–Crippen LogP) is 1.61. The summed E-state index contributed by atoms with van der Waals surface area (Å²) in [4.78, 5) is 28.6. The number of benzene rings is 1. The van der Waals surface area contributed by atoms with E-state index in [9.17, 15) is 9.59 Å². The van der Waals surface area contributed by atoms with Gasteiger partial charge in [-0.3, -0.25) is 9.59 Å². The summed E-state index contributed by atoms with van der Waals surface area (Å²) in [5.74, 6) is 0.293. The number of anilines is 1. The van der Waals surface area contributed by atoms with E-state index in [4.69, 9.17) is 0 Å². The number of hydrogen-bond acceptors (Lipinski definition) is 4. The van der Waals surface area contributed by atoms with Crippen LogP contribution in [-0.4, -0.2) is 64.6 Å². The molecule has 2 heterocycles. The Morgan fingerprint density at radius 1 is 1.12 bits per heavy atom. The largest absolute Gasteiger partial charge is 0.335 e. The van der Waals surface area contributed by atoms with Crippen LogP contribution in [0.4, 0.5) is 5.82 Å². The van der Waals surface area contributed by atoms with Gasteiger partial charge < -0.3 is 15.1 Å². The van der Waals surface area contributed by atoms with E-state index in [0.29, 0.717) is 31.0 Å². The van der Waals surface area contributed by atoms with Gasteiger partial charge in [-0.25, -0.2) is 4.68 Å². The molecule has 1 aromatic carbocycles. The lowest BCUT2D eigenvalue weighted by atomic mass is 10.3. The Morgan fingerprint density at radius 2 is 1.80 bits per heavy atom. The van der Waals surface area contributed by atoms with E-state index >= 15 is 0 Å². The summed E-state index contributed by atoms with van der Waals surface area (Å²) in [7, 11) is 2.05. The molecule has 7 nitrogen and oxygen atoms in total. The van der Waals surface area contributed by atoms with Crippen LogP contribution in [0, 0.1) is 0 Å². The molecule has 2 aromatic rings. The number of nitrogens with one attached hydrogen (secondary N) is 1. The summed E-state index contributed by atoms with van der Waals surface area (Å²) in [5.41, 5.74) is 1.14. The van der Waals surface area contributed by atoms with E-state index in [1.165, 1.54) is 0 Å². The van der Waals surface area contributed by atoms with Gasteiger partial charge in [0.25, 0.3) is 5.91 Å². The second-order valence-corrected chi connectivity index (χ2v) is 6.16. The number of hydrogen-bond donors (Lipinski definition) is 1. The van der Waals surface area contributed by atoms with Gasteiger partial charge in [0.1, 0.15) is 5.82 Å². The minimum Gasteiger partial charge on any atom is -0.335 e. The summed E-state index contributed by atoms with van der Waals surface area (Å²) in [5, 5.41) is 7.29. The minimum absolute atomic E-state index is 0.102. The van der Waals surface area contributed by atoms with Gasteiger partial charge in [0.15, 0.2) is 5.69 Å². The number of aromatic nitrogens is 2. The van der Waals surface area contributed by atoms with Crippen LogP contribution in [0.3, 0.4) is 0 Å². The average Bonchev–Trinajstić information content (AvgIpc) is 3.06. The van der Waals surface area contributed by atoms with Gasteiger partial charge in [-0.2, -0.15) is 5.10 Å². The van der Waals surface area contributed by atoms with E-state index in [1.807, 2.05) is 42.3 Å². The summed E-state index contributed by atoms with van der Waals surface area (Å²) >= 11 is 0. The zero-order valence-corrected chi connectivity index (χ0v) is 14.6. The lowest BCUT2D eigenvalue weighted by Crippen LogP contribution is -2.47. The second kappa shape index (κ2) is 7.48. The fourth-order valence-corrected chi connectivity index (χ4v) is 2.74. The van der Waals surface area contributed by atoms with Crippen molar-refractivity contribution < 1.29 is 9.59 Å². The monoisotopic (exact) mass is 341 g/mol. The third-order valence-corrected chi connectivity index (χ3v) is 4.31. The van der Waals surface area contributed by atoms with Crippen LogP contribution in [0.1, 0.15) is 23.8 Å². The highest BCUT2D eigenvalue weighted by Gasteiger charge is 2.24. The molecule has 132 valence electrons. The van der Waals surface area contributed by atoms with Crippen molar-refractivity contribution in [3.8, 4) is 5.69 Å². The van der Waals surface area contributed by atoms with Crippen molar-refractivity contribution in [2.45, 2.75) is 13.3 Å². The molecule has 0 spiro atoms. The first-order valence-corrected chi connectivity index (χ1v) is 8.51. The highest BCUT2D eigenvalue weighted by Crippen LogP contribution is 2.19. The van der Waals surface area contributed by atoms with E-state index < -0.39 is 0 Å². The third kappa shape index (κ3) is 3.88. The van der Waals surface area contributed by atoms with Crippen LogP contribution in [0.5, 0.6) is 0 Å². The molecule has 0 bridgehead atoms. The highest BCUT2D eigenvalue weighted by molar-refractivity contribution is 5.95. The summed E-state index contributed by atoms with van der Waals surface area (Å²) in [6.07, 6.45) is 0.363. The normalized spacial score (nSPS) is 15.2. The molecule has 1 aliphatic rings. The molecule has 2 amide bonds. The smallest absolute Gasteiger partial charge is 0.274 e. The molecule has 0 unspecified atom stereocenters. The molecule has 1 aliphatic heterocycles. The van der Waals surface area contributed by atoms with Crippen molar-refractivity contribution >= 4 is 17.6 Å². The Balaban J connectivity index is 1.90. The summed E-state index contributed by atoms with van der Waals surface area (Å²) in [6.45, 7) is 4.86. The predicted molar refractivity (Wildman–Crippen MR) is 95.9 cm³/mol. The fourth-order valence-electron chi connectivity index (χ4n) is 2.74. The van der Waals surface area contributed by atoms with Crippen molar-refractivity contribution in [3.05, 3.63) is 42.1 Å². The lowest BCUT2D eigenvalue weighted by molar-refractivity contribution is -0.115. The highest BCUT2D eigenvalue weighted by atomic mass is 16.2. The molecule has 3 rings (SSSR count). The van der Waals surface area contributed by atoms with E-state index in [2.05, 4.69) is 15.3 Å². The van der Waals surface area contributed by atoms with Gasteiger partial charge in [0, 0.05) is 38.7 Å². The molecule has 25 heavy (non-hydrogen) atoms. The van der Waals surface area contributed by atoms with E-state index in [0.717, 1.165) is 18.8 Å². The molecule has 7 heteroatoms. The molecular weight excluding hydrogens is 318 g/mol. The number of carbonyl (C=O) groups excluding carboxylic acids is 2. The topological polar surface area (TPSA) is 70.5 Å². The van der Waals surface area contributed by atoms with Crippen LogP contribution in [-0.2, 0) is 4.79 Å². The van der Waals surface area contributed by atoms with E-state index in [1.54, 1.807) is 17.7 Å². The first kappa shape index (κ1) is 17.2. The van der Waals surface area contributed by atoms with Gasteiger partial charge in [0.2, 0.25) is 5.91 Å². The number of carbonyl (C=O) groups is 2. The average molecular weight is 341 g/mol. The van der Waals surface area contributed by atoms with Crippen molar-refractivity contribution in [1.82, 2.24) is 19.6 Å². The third-order valence-electron chi connectivity index (χ3n) is 4.31. The SMILES string of the molecule is CCC(=O)Nc1cc(C(=O)N2CCN(C)CC2)nn1-c1ccccc1. The maximum absolute atomic E-state index is 12.8. The Labute approximate surface area is 147 Å². The number of piperazine rings is 1. The maximum atomic E-state index is 12.8. The van der Waals surface area contributed by atoms with Crippen LogP contribution in [0.25, 0.3) is 5.69 Å². The maximum Gasteiger partial charge on any atom is 0.274 e. The first-order chi connectivity index (χ1) is 12.1. The van der Waals surface area contributed by atoms with Crippen molar-refractivity contribution in [1.29, 1.82) is 0 Å². The molecule has 0 atom stereocenters. The van der Waals surface area contributed by atoms with Crippen LogP contribution in [0.2, 0.25) is 0 Å². The molecule has 1 N–H and O–H groups in total. The number of rotatable bonds is 4. The van der Waals surface area contributed by atoms with Gasteiger partial charge in [0.05, 0.1) is 5.69 Å². The van der Waals surface area contributed by atoms with Gasteiger partial charge in [-0.1, -0.05) is 25.1 Å². The number of amides is 2. The Morgan fingerprint density at radius 3 is 2.44 bits per heavy atom. The Bertz CT molecular complexity index is 748. The quantitative estimate of drug-likeness (QED) is 0.917. The fraction of sp³-hybridized carbons (Fsp3) is 0.389. The lowest BCUT2D eigenvalue weighted by Gasteiger charge is -2.31. The Hall–Kier alpha value is -2.67. The van der Waals surface area contributed by atoms with E-state index in [-0.39, 0.29) is 11.8 Å². The molecule has 1 fully saturated rings.